The molecule has 1 heterocycles. The molecular weight excluding hydrogens is 382 g/mol. The predicted octanol–water partition coefficient (Wildman–Crippen LogP) is 3.91. The number of allylic oxidation sites excluding steroid dienone is 1. The highest BCUT2D eigenvalue weighted by molar-refractivity contribution is 5.84. The lowest BCUT2D eigenvalue weighted by atomic mass is 10.1. The third-order valence-electron chi connectivity index (χ3n) is 4.72. The van der Waals surface area contributed by atoms with E-state index in [0.29, 0.717) is 17.1 Å². The topological polar surface area (TPSA) is 97.4 Å². The van der Waals surface area contributed by atoms with Gasteiger partial charge in [-0.25, -0.2) is 9.78 Å². The zero-order valence-corrected chi connectivity index (χ0v) is 17.4. The Morgan fingerprint density at radius 2 is 1.83 bits per heavy atom. The molecule has 1 aromatic heterocycles. The summed E-state index contributed by atoms with van der Waals surface area (Å²) in [6.07, 6.45) is 0. The molecule has 0 aliphatic heterocycles. The van der Waals surface area contributed by atoms with Gasteiger partial charge >= 0.3 is 5.97 Å². The van der Waals surface area contributed by atoms with E-state index in [1.807, 2.05) is 63.2 Å². The van der Waals surface area contributed by atoms with Crippen molar-refractivity contribution in [2.75, 3.05) is 13.2 Å². The number of fused-ring (bicyclic) bond motifs is 1. The Morgan fingerprint density at radius 1 is 1.17 bits per heavy atom. The summed E-state index contributed by atoms with van der Waals surface area (Å²) in [5.74, 6) is -0.0840. The van der Waals surface area contributed by atoms with Crippen molar-refractivity contribution in [3.63, 3.8) is 0 Å². The SMILES string of the molecule is Cc1cc(C)c(OCC(=O)OC/C(O)=C(\C#N)c2nc3ccccc3n2C)c(C)c1. The number of aliphatic hydroxyl groups excluding tert-OH is 1. The van der Waals surface area contributed by atoms with Crippen LogP contribution in [0.2, 0.25) is 0 Å². The standard InChI is InChI=1S/C23H23N3O4/c1-14-9-15(2)22(16(3)10-14)30-13-21(28)29-12-20(27)17(11-24)23-25-18-7-5-6-8-19(18)26(23)4/h5-10,27H,12-13H2,1-4H3/b20-17-. The Hall–Kier alpha value is -3.79. The summed E-state index contributed by atoms with van der Waals surface area (Å²) >= 11 is 0. The zero-order chi connectivity index (χ0) is 21.8. The maximum absolute atomic E-state index is 12.1. The number of carbonyl (C=O) groups excluding carboxylic acids is 1. The number of hydrogen-bond donors (Lipinski definition) is 1. The highest BCUT2D eigenvalue weighted by Gasteiger charge is 2.18. The molecule has 2 aromatic carbocycles. The monoisotopic (exact) mass is 405 g/mol. The highest BCUT2D eigenvalue weighted by atomic mass is 16.6. The number of aliphatic hydroxyl groups is 1. The van der Waals surface area contributed by atoms with Crippen LogP contribution in [0.15, 0.2) is 42.2 Å². The van der Waals surface area contributed by atoms with Crippen LogP contribution in [-0.2, 0) is 16.6 Å². The predicted molar refractivity (Wildman–Crippen MR) is 113 cm³/mol. The van der Waals surface area contributed by atoms with Gasteiger partial charge in [-0.2, -0.15) is 5.26 Å². The Bertz CT molecular complexity index is 1160. The molecular formula is C23H23N3O4. The molecule has 0 amide bonds. The first-order chi connectivity index (χ1) is 14.3. The van der Waals surface area contributed by atoms with Gasteiger partial charge in [0.2, 0.25) is 0 Å². The number of ether oxygens (including phenoxy) is 2. The Balaban J connectivity index is 1.69. The van der Waals surface area contributed by atoms with E-state index >= 15 is 0 Å². The van der Waals surface area contributed by atoms with E-state index in [0.717, 1.165) is 22.2 Å². The molecule has 0 aliphatic rings. The van der Waals surface area contributed by atoms with Gasteiger partial charge in [0.25, 0.3) is 0 Å². The Morgan fingerprint density at radius 3 is 2.47 bits per heavy atom. The first-order valence-corrected chi connectivity index (χ1v) is 9.42. The second kappa shape index (κ2) is 8.70. The van der Waals surface area contributed by atoms with Crippen LogP contribution >= 0.6 is 0 Å². The number of carbonyl (C=O) groups is 1. The third-order valence-corrected chi connectivity index (χ3v) is 4.72. The molecule has 3 rings (SSSR count). The van der Waals surface area contributed by atoms with E-state index in [4.69, 9.17) is 9.47 Å². The number of benzene rings is 2. The fourth-order valence-corrected chi connectivity index (χ4v) is 3.40. The molecule has 0 aliphatic carbocycles. The van der Waals surface area contributed by atoms with Gasteiger partial charge in [-0.1, -0.05) is 29.8 Å². The van der Waals surface area contributed by atoms with Crippen LogP contribution in [0, 0.1) is 32.1 Å². The van der Waals surface area contributed by atoms with Gasteiger partial charge in [0, 0.05) is 7.05 Å². The van der Waals surface area contributed by atoms with Crippen LogP contribution in [0.5, 0.6) is 5.75 Å². The van der Waals surface area contributed by atoms with E-state index in [2.05, 4.69) is 4.98 Å². The normalized spacial score (nSPS) is 11.7. The second-order valence-corrected chi connectivity index (χ2v) is 7.09. The zero-order valence-electron chi connectivity index (χ0n) is 17.4. The van der Waals surface area contributed by atoms with Crippen LogP contribution in [0.25, 0.3) is 16.6 Å². The van der Waals surface area contributed by atoms with Crippen LogP contribution < -0.4 is 4.74 Å². The van der Waals surface area contributed by atoms with Gasteiger partial charge in [-0.05, 0) is 44.0 Å². The quantitative estimate of drug-likeness (QED) is 0.379. The average Bonchev–Trinajstić information content (AvgIpc) is 3.03. The summed E-state index contributed by atoms with van der Waals surface area (Å²) in [6, 6.07) is 13.3. The van der Waals surface area contributed by atoms with Gasteiger partial charge in [0.15, 0.2) is 18.2 Å². The molecule has 0 radical (unpaired) electrons. The number of esters is 1. The number of nitrogens with zero attached hydrogens (tertiary/aromatic N) is 3. The minimum atomic E-state index is -0.650. The lowest BCUT2D eigenvalue weighted by Crippen LogP contribution is -2.17. The Labute approximate surface area is 174 Å². The van der Waals surface area contributed by atoms with Gasteiger partial charge < -0.3 is 19.1 Å². The molecule has 0 atom stereocenters. The average molecular weight is 405 g/mol. The molecule has 154 valence electrons. The first-order valence-electron chi connectivity index (χ1n) is 9.42. The summed E-state index contributed by atoms with van der Waals surface area (Å²) in [4.78, 5) is 16.5. The minimum Gasteiger partial charge on any atom is -0.507 e. The molecule has 0 saturated carbocycles. The number of aromatic nitrogens is 2. The van der Waals surface area contributed by atoms with E-state index in [9.17, 15) is 15.2 Å². The fraction of sp³-hybridized carbons (Fsp3) is 0.261. The molecule has 0 bridgehead atoms. The first kappa shape index (κ1) is 20.9. The molecule has 0 saturated heterocycles. The number of aryl methyl sites for hydroxylation is 4. The number of rotatable bonds is 6. The van der Waals surface area contributed by atoms with Gasteiger partial charge in [0.1, 0.15) is 24.0 Å². The van der Waals surface area contributed by atoms with Crippen molar-refractivity contribution in [3.8, 4) is 11.8 Å². The van der Waals surface area contributed by atoms with Crippen molar-refractivity contribution in [2.24, 2.45) is 7.05 Å². The van der Waals surface area contributed by atoms with Crippen molar-refractivity contribution in [2.45, 2.75) is 20.8 Å². The highest BCUT2D eigenvalue weighted by Crippen LogP contribution is 2.25. The summed E-state index contributed by atoms with van der Waals surface area (Å²) in [6.45, 7) is 5.06. The van der Waals surface area contributed by atoms with Gasteiger partial charge in [-0.3, -0.25) is 0 Å². The largest absolute Gasteiger partial charge is 0.507 e. The molecule has 3 aromatic rings. The summed E-state index contributed by atoms with van der Waals surface area (Å²) < 4.78 is 12.4. The maximum atomic E-state index is 12.1. The van der Waals surface area contributed by atoms with E-state index < -0.39 is 12.6 Å². The Kier molecular flexibility index (Phi) is 6.07. The van der Waals surface area contributed by atoms with Crippen LogP contribution in [0.4, 0.5) is 0 Å². The number of imidazole rings is 1. The number of para-hydroxylation sites is 2. The molecule has 1 N–H and O–H groups in total. The number of nitriles is 1. The second-order valence-electron chi connectivity index (χ2n) is 7.09. The lowest BCUT2D eigenvalue weighted by molar-refractivity contribution is -0.145. The van der Waals surface area contributed by atoms with Crippen molar-refractivity contribution < 1.29 is 19.4 Å². The van der Waals surface area contributed by atoms with Crippen molar-refractivity contribution in [1.82, 2.24) is 9.55 Å². The molecule has 30 heavy (non-hydrogen) atoms. The summed E-state index contributed by atoms with van der Waals surface area (Å²) in [7, 11) is 1.75. The maximum Gasteiger partial charge on any atom is 0.344 e. The van der Waals surface area contributed by atoms with E-state index in [1.165, 1.54) is 0 Å². The third kappa shape index (κ3) is 4.28. The summed E-state index contributed by atoms with van der Waals surface area (Å²) in [5, 5.41) is 19.9. The molecule has 7 heteroatoms. The number of hydrogen-bond acceptors (Lipinski definition) is 6. The molecule has 0 unspecified atom stereocenters. The van der Waals surface area contributed by atoms with E-state index in [1.54, 1.807) is 11.6 Å². The van der Waals surface area contributed by atoms with Crippen molar-refractivity contribution in [3.05, 3.63) is 64.7 Å². The van der Waals surface area contributed by atoms with Crippen molar-refractivity contribution >= 4 is 22.6 Å². The molecule has 7 nitrogen and oxygen atoms in total. The van der Waals surface area contributed by atoms with E-state index in [-0.39, 0.29) is 17.9 Å². The van der Waals surface area contributed by atoms with Gasteiger partial charge in [0.05, 0.1) is 11.0 Å². The van der Waals surface area contributed by atoms with Crippen molar-refractivity contribution in [1.29, 1.82) is 5.26 Å². The summed E-state index contributed by atoms with van der Waals surface area (Å²) in [5.41, 5.74) is 4.44. The van der Waals surface area contributed by atoms with Gasteiger partial charge in [-0.15, -0.1) is 0 Å². The van der Waals surface area contributed by atoms with Crippen LogP contribution in [-0.4, -0.2) is 33.8 Å². The fourth-order valence-electron chi connectivity index (χ4n) is 3.40. The minimum absolute atomic E-state index is 0.0485. The van der Waals surface area contributed by atoms with Crippen LogP contribution in [0.3, 0.4) is 0 Å². The molecule has 0 spiro atoms. The molecule has 0 fully saturated rings. The van der Waals surface area contributed by atoms with Crippen LogP contribution in [0.1, 0.15) is 22.5 Å². The smallest absolute Gasteiger partial charge is 0.344 e. The lowest BCUT2D eigenvalue weighted by Gasteiger charge is -2.13.